The number of hydrogen-bond acceptors (Lipinski definition) is 2. The molecule has 2 heteroatoms. The van der Waals surface area contributed by atoms with Gasteiger partial charge < -0.3 is 9.47 Å². The zero-order chi connectivity index (χ0) is 21.4. The average molecular weight is 397 g/mol. The highest BCUT2D eigenvalue weighted by molar-refractivity contribution is 4.88. The van der Waals surface area contributed by atoms with Crippen LogP contribution in [0.5, 0.6) is 0 Å². The lowest BCUT2D eigenvalue weighted by atomic mass is 9.61. The van der Waals surface area contributed by atoms with Crippen LogP contribution in [0.3, 0.4) is 0 Å². The zero-order valence-electron chi connectivity index (χ0n) is 20.8. The first-order valence-corrected chi connectivity index (χ1v) is 12.0. The molecule has 0 radical (unpaired) electrons. The summed E-state index contributed by atoms with van der Waals surface area (Å²) in [6.07, 6.45) is 10.8. The van der Waals surface area contributed by atoms with Crippen molar-refractivity contribution in [1.82, 2.24) is 0 Å². The summed E-state index contributed by atoms with van der Waals surface area (Å²) in [5.41, 5.74) is 1.04. The number of rotatable bonds is 12. The van der Waals surface area contributed by atoms with E-state index in [0.29, 0.717) is 22.7 Å². The molecule has 168 valence electrons. The van der Waals surface area contributed by atoms with Crippen LogP contribution in [-0.4, -0.2) is 26.9 Å². The second-order valence-corrected chi connectivity index (χ2v) is 12.1. The van der Waals surface area contributed by atoms with E-state index in [-0.39, 0.29) is 5.41 Å². The molecule has 0 aromatic rings. The van der Waals surface area contributed by atoms with Gasteiger partial charge in [-0.25, -0.2) is 0 Å². The normalized spacial score (nSPS) is 19.6. The van der Waals surface area contributed by atoms with Gasteiger partial charge in [0.15, 0.2) is 0 Å². The van der Waals surface area contributed by atoms with Crippen molar-refractivity contribution >= 4 is 0 Å². The third-order valence-electron chi connectivity index (χ3n) is 7.77. The highest BCUT2D eigenvalue weighted by Crippen LogP contribution is 2.47. The Bertz CT molecular complexity index is 413. The van der Waals surface area contributed by atoms with Crippen molar-refractivity contribution in [3.8, 4) is 0 Å². The SMILES string of the molecule is COCCCC(COCC(C)C(C)(C)CC(C)(C)C1CCCCC1)C(C)(C)C. The average Bonchev–Trinajstić information content (AvgIpc) is 2.59. The Labute approximate surface area is 177 Å². The molecule has 1 aliphatic rings. The third kappa shape index (κ3) is 8.74. The van der Waals surface area contributed by atoms with Gasteiger partial charge in [-0.3, -0.25) is 0 Å². The van der Waals surface area contributed by atoms with Crippen LogP contribution in [0, 0.1) is 34.0 Å². The van der Waals surface area contributed by atoms with E-state index in [2.05, 4.69) is 55.4 Å². The van der Waals surface area contributed by atoms with Gasteiger partial charge in [0.25, 0.3) is 0 Å². The molecule has 1 fully saturated rings. The van der Waals surface area contributed by atoms with Gasteiger partial charge in [0.05, 0.1) is 0 Å². The van der Waals surface area contributed by atoms with Crippen LogP contribution in [0.25, 0.3) is 0 Å². The van der Waals surface area contributed by atoms with Crippen LogP contribution in [-0.2, 0) is 9.47 Å². The Morgan fingerprint density at radius 3 is 2.04 bits per heavy atom. The maximum Gasteiger partial charge on any atom is 0.0499 e. The van der Waals surface area contributed by atoms with E-state index < -0.39 is 0 Å². The summed E-state index contributed by atoms with van der Waals surface area (Å²) in [6.45, 7) is 22.0. The highest BCUT2D eigenvalue weighted by Gasteiger charge is 2.38. The van der Waals surface area contributed by atoms with Crippen molar-refractivity contribution < 1.29 is 9.47 Å². The highest BCUT2D eigenvalue weighted by atomic mass is 16.5. The molecule has 0 aromatic heterocycles. The summed E-state index contributed by atoms with van der Waals surface area (Å²) in [4.78, 5) is 0. The topological polar surface area (TPSA) is 18.5 Å². The molecule has 0 bridgehead atoms. The first-order chi connectivity index (χ1) is 12.9. The second-order valence-electron chi connectivity index (χ2n) is 12.1. The van der Waals surface area contributed by atoms with Crippen molar-refractivity contribution in [3.05, 3.63) is 0 Å². The Morgan fingerprint density at radius 1 is 0.893 bits per heavy atom. The number of hydrogen-bond donors (Lipinski definition) is 0. The minimum absolute atomic E-state index is 0.287. The van der Waals surface area contributed by atoms with Gasteiger partial charge in [0, 0.05) is 26.9 Å². The number of ether oxygens (including phenoxy) is 2. The molecule has 1 rings (SSSR count). The van der Waals surface area contributed by atoms with Crippen molar-refractivity contribution in [3.63, 3.8) is 0 Å². The largest absolute Gasteiger partial charge is 0.385 e. The van der Waals surface area contributed by atoms with Gasteiger partial charge in [0.2, 0.25) is 0 Å². The van der Waals surface area contributed by atoms with Crippen LogP contribution in [0.4, 0.5) is 0 Å². The van der Waals surface area contributed by atoms with Gasteiger partial charge >= 0.3 is 0 Å². The lowest BCUT2D eigenvalue weighted by Gasteiger charge is -2.44. The standard InChI is InChI=1S/C26H52O2/c1-21(18-28-19-23(24(2,3)4)16-13-17-27-9)25(5,6)20-26(7,8)22-14-11-10-12-15-22/h21-23H,10-20H2,1-9H3. The van der Waals surface area contributed by atoms with Crippen molar-refractivity contribution in [2.24, 2.45) is 34.0 Å². The Balaban J connectivity index is 2.53. The molecule has 0 spiro atoms. The maximum atomic E-state index is 6.32. The predicted molar refractivity (Wildman–Crippen MR) is 123 cm³/mol. The molecule has 2 nitrogen and oxygen atoms in total. The molecule has 28 heavy (non-hydrogen) atoms. The monoisotopic (exact) mass is 396 g/mol. The van der Waals surface area contributed by atoms with Crippen molar-refractivity contribution in [1.29, 1.82) is 0 Å². The molecule has 0 amide bonds. The van der Waals surface area contributed by atoms with E-state index in [4.69, 9.17) is 9.47 Å². The van der Waals surface area contributed by atoms with Crippen LogP contribution in [0.2, 0.25) is 0 Å². The van der Waals surface area contributed by atoms with E-state index in [0.717, 1.165) is 32.2 Å². The summed E-state index contributed by atoms with van der Waals surface area (Å²) in [6, 6.07) is 0. The van der Waals surface area contributed by atoms with E-state index in [1.165, 1.54) is 44.9 Å². The first kappa shape index (κ1) is 26.0. The molecule has 0 N–H and O–H groups in total. The third-order valence-corrected chi connectivity index (χ3v) is 7.77. The molecule has 0 aliphatic heterocycles. The summed E-state index contributed by atoms with van der Waals surface area (Å²) in [5, 5.41) is 0. The van der Waals surface area contributed by atoms with E-state index >= 15 is 0 Å². The van der Waals surface area contributed by atoms with Gasteiger partial charge in [-0.1, -0.05) is 74.7 Å². The zero-order valence-corrected chi connectivity index (χ0v) is 20.8. The fourth-order valence-electron chi connectivity index (χ4n) is 5.23. The lowest BCUT2D eigenvalue weighted by molar-refractivity contribution is -0.0100. The molecule has 0 heterocycles. The maximum absolute atomic E-state index is 6.32. The van der Waals surface area contributed by atoms with E-state index in [1.807, 2.05) is 0 Å². The lowest BCUT2D eigenvalue weighted by Crippen LogP contribution is -2.36. The molecular formula is C26H52O2. The Kier molecular flexibility index (Phi) is 10.5. The van der Waals surface area contributed by atoms with Crippen LogP contribution < -0.4 is 0 Å². The van der Waals surface area contributed by atoms with Gasteiger partial charge in [-0.15, -0.1) is 0 Å². The van der Waals surface area contributed by atoms with Gasteiger partial charge in [-0.2, -0.15) is 0 Å². The van der Waals surface area contributed by atoms with Gasteiger partial charge in [-0.05, 0) is 66.1 Å². The molecule has 0 aromatic carbocycles. The summed E-state index contributed by atoms with van der Waals surface area (Å²) >= 11 is 0. The minimum atomic E-state index is 0.287. The molecule has 2 unspecified atom stereocenters. The van der Waals surface area contributed by atoms with Crippen molar-refractivity contribution in [2.75, 3.05) is 26.9 Å². The fourth-order valence-corrected chi connectivity index (χ4v) is 5.23. The summed E-state index contributed by atoms with van der Waals surface area (Å²) in [7, 11) is 1.79. The smallest absolute Gasteiger partial charge is 0.0499 e. The first-order valence-electron chi connectivity index (χ1n) is 12.0. The van der Waals surface area contributed by atoms with Crippen LogP contribution in [0.15, 0.2) is 0 Å². The van der Waals surface area contributed by atoms with E-state index in [9.17, 15) is 0 Å². The predicted octanol–water partition coefficient (Wildman–Crippen LogP) is 7.75. The molecular weight excluding hydrogens is 344 g/mol. The van der Waals surface area contributed by atoms with Crippen LogP contribution >= 0.6 is 0 Å². The van der Waals surface area contributed by atoms with E-state index in [1.54, 1.807) is 7.11 Å². The summed E-state index contributed by atoms with van der Waals surface area (Å²) < 4.78 is 11.6. The Hall–Kier alpha value is -0.0800. The van der Waals surface area contributed by atoms with Gasteiger partial charge in [0.1, 0.15) is 0 Å². The minimum Gasteiger partial charge on any atom is -0.385 e. The fraction of sp³-hybridized carbons (Fsp3) is 1.00. The molecule has 2 atom stereocenters. The van der Waals surface area contributed by atoms with Crippen LogP contribution in [0.1, 0.15) is 107 Å². The Morgan fingerprint density at radius 2 is 1.50 bits per heavy atom. The number of methoxy groups -OCH3 is 1. The summed E-state index contributed by atoms with van der Waals surface area (Å²) in [5.74, 6) is 2.08. The van der Waals surface area contributed by atoms with Crippen molar-refractivity contribution in [2.45, 2.75) is 107 Å². The molecule has 0 saturated heterocycles. The molecule has 1 saturated carbocycles. The molecule has 1 aliphatic carbocycles. The second kappa shape index (κ2) is 11.3. The quantitative estimate of drug-likeness (QED) is 0.314.